The van der Waals surface area contributed by atoms with Crippen molar-refractivity contribution in [2.45, 2.75) is 61.8 Å². The molecule has 0 radical (unpaired) electrons. The fourth-order valence-electron chi connectivity index (χ4n) is 5.52. The minimum atomic E-state index is -3.77. The summed E-state index contributed by atoms with van der Waals surface area (Å²) in [4.78, 5) is 15.0. The second kappa shape index (κ2) is 9.55. The lowest BCUT2D eigenvalue weighted by Crippen LogP contribution is -2.48. The number of hydrogen-bond acceptors (Lipinski definition) is 4. The molecule has 9 heteroatoms. The zero-order chi connectivity index (χ0) is 24.8. The highest BCUT2D eigenvalue weighted by molar-refractivity contribution is 7.92. The standard InChI is InChI=1S/C25H29ClF2N2O3S/c1-14(2)30(3)24-15-4-5-16(24)11-19(10-15)34(32,33)23-12-17(6-8-20(23)26)25(31)29-18-7-9-21(27)22(28)13-18/h6-9,12-16,19,24H,4-5,10-11H2,1-3H3,(H,29,31)/t15-,16?,19-,24+/m0/s1. The molecule has 2 bridgehead atoms. The van der Waals surface area contributed by atoms with Crippen molar-refractivity contribution in [3.63, 3.8) is 0 Å². The number of hydrogen-bond donors (Lipinski definition) is 1. The Labute approximate surface area is 204 Å². The molecule has 0 aromatic heterocycles. The molecular formula is C25H29ClF2N2O3S. The summed E-state index contributed by atoms with van der Waals surface area (Å²) in [5.41, 5.74) is 0.135. The molecule has 184 valence electrons. The normalized spacial score (nSPS) is 24.6. The summed E-state index contributed by atoms with van der Waals surface area (Å²) in [6.45, 7) is 4.30. The van der Waals surface area contributed by atoms with Gasteiger partial charge < -0.3 is 10.2 Å². The number of amides is 1. The highest BCUT2D eigenvalue weighted by Gasteiger charge is 2.48. The van der Waals surface area contributed by atoms with Gasteiger partial charge in [0, 0.05) is 29.4 Å². The van der Waals surface area contributed by atoms with Gasteiger partial charge >= 0.3 is 0 Å². The average Bonchev–Trinajstić information content (AvgIpc) is 3.04. The molecule has 0 heterocycles. The molecule has 2 aromatic carbocycles. The number of benzene rings is 2. The Morgan fingerprint density at radius 1 is 1.06 bits per heavy atom. The SMILES string of the molecule is CC(C)N(C)[C@H]1C2CC[C@H]1C[C@H](S(=O)(=O)c1cc(C(=O)Nc3ccc(F)c(F)c3)ccc1Cl)C2. The van der Waals surface area contributed by atoms with Gasteiger partial charge in [0.1, 0.15) is 0 Å². The third-order valence-electron chi connectivity index (χ3n) is 7.41. The van der Waals surface area contributed by atoms with Crippen LogP contribution in [0, 0.1) is 23.5 Å². The molecule has 1 unspecified atom stereocenters. The second-order valence-electron chi connectivity index (χ2n) is 9.71. The van der Waals surface area contributed by atoms with Crippen molar-refractivity contribution in [2.75, 3.05) is 12.4 Å². The van der Waals surface area contributed by atoms with Gasteiger partial charge in [0.25, 0.3) is 5.91 Å². The van der Waals surface area contributed by atoms with E-state index in [0.29, 0.717) is 36.8 Å². The number of nitrogens with one attached hydrogen (secondary N) is 1. The van der Waals surface area contributed by atoms with Crippen molar-refractivity contribution < 1.29 is 22.0 Å². The van der Waals surface area contributed by atoms with E-state index in [1.165, 1.54) is 24.3 Å². The monoisotopic (exact) mass is 510 g/mol. The van der Waals surface area contributed by atoms with Crippen molar-refractivity contribution >= 4 is 33.0 Å². The minimum absolute atomic E-state index is 0.0624. The van der Waals surface area contributed by atoms with Crippen LogP contribution in [-0.4, -0.2) is 43.6 Å². The van der Waals surface area contributed by atoms with Crippen LogP contribution in [0.3, 0.4) is 0 Å². The molecule has 0 spiro atoms. The van der Waals surface area contributed by atoms with Crippen LogP contribution in [0.4, 0.5) is 14.5 Å². The predicted octanol–water partition coefficient (Wildman–Crippen LogP) is 5.54. The first-order valence-electron chi connectivity index (χ1n) is 11.5. The maximum absolute atomic E-state index is 13.6. The van der Waals surface area contributed by atoms with Gasteiger partial charge in [-0.2, -0.15) is 0 Å². The first-order valence-corrected chi connectivity index (χ1v) is 13.4. The fourth-order valence-corrected chi connectivity index (χ4v) is 7.95. The Balaban J connectivity index is 1.56. The summed E-state index contributed by atoms with van der Waals surface area (Å²) >= 11 is 6.30. The van der Waals surface area contributed by atoms with Gasteiger partial charge in [0.15, 0.2) is 21.5 Å². The predicted molar refractivity (Wildman–Crippen MR) is 129 cm³/mol. The second-order valence-corrected chi connectivity index (χ2v) is 12.3. The first-order chi connectivity index (χ1) is 16.0. The third kappa shape index (κ3) is 4.72. The lowest BCUT2D eigenvalue weighted by molar-refractivity contribution is 0.0953. The summed E-state index contributed by atoms with van der Waals surface area (Å²) in [7, 11) is -1.66. The smallest absolute Gasteiger partial charge is 0.255 e. The van der Waals surface area contributed by atoms with Crippen LogP contribution in [0.1, 0.15) is 49.9 Å². The van der Waals surface area contributed by atoms with Crippen molar-refractivity contribution in [1.82, 2.24) is 4.90 Å². The average molecular weight is 511 g/mol. The Kier molecular flexibility index (Phi) is 7.04. The van der Waals surface area contributed by atoms with Crippen LogP contribution in [0.15, 0.2) is 41.3 Å². The van der Waals surface area contributed by atoms with Gasteiger partial charge in [0.05, 0.1) is 15.2 Å². The fraction of sp³-hybridized carbons (Fsp3) is 0.480. The Hall–Kier alpha value is -2.03. The zero-order valence-corrected chi connectivity index (χ0v) is 21.0. The number of sulfone groups is 1. The number of carbonyl (C=O) groups excluding carboxylic acids is 1. The van der Waals surface area contributed by atoms with Gasteiger partial charge in [-0.25, -0.2) is 17.2 Å². The number of halogens is 3. The van der Waals surface area contributed by atoms with Crippen molar-refractivity contribution in [3.05, 3.63) is 58.6 Å². The lowest BCUT2D eigenvalue weighted by Gasteiger charge is -2.42. The minimum Gasteiger partial charge on any atom is -0.322 e. The van der Waals surface area contributed by atoms with Crippen molar-refractivity contribution in [3.8, 4) is 0 Å². The zero-order valence-electron chi connectivity index (χ0n) is 19.4. The Bertz CT molecular complexity index is 1190. The summed E-state index contributed by atoms with van der Waals surface area (Å²) in [5.74, 6) is -2.14. The summed E-state index contributed by atoms with van der Waals surface area (Å²) in [6.07, 6.45) is 3.18. The van der Waals surface area contributed by atoms with E-state index in [-0.39, 0.29) is 21.2 Å². The maximum Gasteiger partial charge on any atom is 0.255 e. The highest BCUT2D eigenvalue weighted by atomic mass is 35.5. The molecule has 1 N–H and O–H groups in total. The van der Waals surface area contributed by atoms with Gasteiger partial charge in [-0.05, 0) is 88.7 Å². The Morgan fingerprint density at radius 2 is 1.71 bits per heavy atom. The molecule has 4 atom stereocenters. The molecule has 34 heavy (non-hydrogen) atoms. The van der Waals surface area contributed by atoms with Gasteiger partial charge in [-0.3, -0.25) is 4.79 Å². The summed E-state index contributed by atoms with van der Waals surface area (Å²) in [5, 5.41) is 1.98. The number of anilines is 1. The molecule has 2 aromatic rings. The van der Waals surface area contributed by atoms with Crippen LogP contribution >= 0.6 is 11.6 Å². The van der Waals surface area contributed by atoms with Gasteiger partial charge in [0.2, 0.25) is 0 Å². The highest BCUT2D eigenvalue weighted by Crippen LogP contribution is 2.48. The van der Waals surface area contributed by atoms with E-state index in [4.69, 9.17) is 11.6 Å². The molecule has 2 saturated carbocycles. The first kappa shape index (κ1) is 25.1. The van der Waals surface area contributed by atoms with Crippen LogP contribution < -0.4 is 5.32 Å². The number of rotatable bonds is 6. The number of carbonyl (C=O) groups is 1. The molecule has 2 fully saturated rings. The van der Waals surface area contributed by atoms with Crippen LogP contribution in [0.25, 0.3) is 0 Å². The lowest BCUT2D eigenvalue weighted by atomic mass is 9.82. The van der Waals surface area contributed by atoms with Crippen LogP contribution in [-0.2, 0) is 9.84 Å². The van der Waals surface area contributed by atoms with Crippen LogP contribution in [0.2, 0.25) is 5.02 Å². The molecule has 2 aliphatic carbocycles. The molecule has 4 rings (SSSR count). The molecule has 1 amide bonds. The molecule has 2 aliphatic rings. The third-order valence-corrected chi connectivity index (χ3v) is 10.1. The molecular weight excluding hydrogens is 482 g/mol. The quantitative estimate of drug-likeness (QED) is 0.554. The van der Waals surface area contributed by atoms with Crippen LogP contribution in [0.5, 0.6) is 0 Å². The van der Waals surface area contributed by atoms with E-state index in [1.807, 2.05) is 0 Å². The van der Waals surface area contributed by atoms with E-state index in [9.17, 15) is 22.0 Å². The largest absolute Gasteiger partial charge is 0.322 e. The van der Waals surface area contributed by atoms with E-state index >= 15 is 0 Å². The van der Waals surface area contributed by atoms with E-state index in [2.05, 4.69) is 31.1 Å². The molecule has 0 saturated heterocycles. The molecule has 0 aliphatic heterocycles. The number of fused-ring (bicyclic) bond motifs is 2. The van der Waals surface area contributed by atoms with E-state index in [0.717, 1.165) is 25.0 Å². The Morgan fingerprint density at radius 3 is 2.29 bits per heavy atom. The molecule has 5 nitrogen and oxygen atoms in total. The van der Waals surface area contributed by atoms with E-state index in [1.54, 1.807) is 0 Å². The summed E-state index contributed by atoms with van der Waals surface area (Å²) in [6, 6.07) is 7.85. The van der Waals surface area contributed by atoms with E-state index < -0.39 is 32.6 Å². The maximum atomic E-state index is 13.6. The number of nitrogens with zero attached hydrogens (tertiary/aromatic N) is 1. The topological polar surface area (TPSA) is 66.5 Å². The van der Waals surface area contributed by atoms with Gasteiger partial charge in [-0.1, -0.05) is 11.6 Å². The van der Waals surface area contributed by atoms with Gasteiger partial charge in [-0.15, -0.1) is 0 Å². The van der Waals surface area contributed by atoms with Crippen molar-refractivity contribution in [2.24, 2.45) is 11.8 Å². The summed E-state index contributed by atoms with van der Waals surface area (Å²) < 4.78 is 53.9. The van der Waals surface area contributed by atoms with Crippen molar-refractivity contribution in [1.29, 1.82) is 0 Å².